The van der Waals surface area contributed by atoms with Crippen LogP contribution in [-0.2, 0) is 27.9 Å². The lowest BCUT2D eigenvalue weighted by Crippen LogP contribution is -2.47. The molecule has 0 aliphatic carbocycles. The van der Waals surface area contributed by atoms with Gasteiger partial charge >= 0.3 is 13.8 Å². The van der Waals surface area contributed by atoms with Crippen molar-refractivity contribution < 1.29 is 37.3 Å². The average molecular weight is 1210 g/mol. The molecule has 0 aliphatic rings. The van der Waals surface area contributed by atoms with Crippen LogP contribution < -0.4 is 5.32 Å². The fourth-order valence-corrected chi connectivity index (χ4v) is 10.5. The molecular formula is C75H134N2O7P+. The minimum Gasteiger partial charge on any atom is -0.456 e. The summed E-state index contributed by atoms with van der Waals surface area (Å²) in [6.07, 6.45) is 88.1. The molecule has 490 valence electrons. The zero-order valence-corrected chi connectivity index (χ0v) is 57.0. The van der Waals surface area contributed by atoms with Crippen LogP contribution in [0.3, 0.4) is 0 Å². The van der Waals surface area contributed by atoms with Gasteiger partial charge in [-0.25, -0.2) is 4.57 Å². The van der Waals surface area contributed by atoms with E-state index in [2.05, 4.69) is 123 Å². The van der Waals surface area contributed by atoms with Crippen LogP contribution in [0.15, 0.2) is 109 Å². The number of quaternary nitrogens is 1. The summed E-state index contributed by atoms with van der Waals surface area (Å²) in [7, 11) is 1.48. The molecule has 0 bridgehead atoms. The molecule has 3 unspecified atom stereocenters. The fourth-order valence-electron chi connectivity index (χ4n) is 9.80. The Balaban J connectivity index is 5.07. The Morgan fingerprint density at radius 3 is 1.15 bits per heavy atom. The maximum absolute atomic E-state index is 13.6. The number of allylic oxidation sites excluding steroid dienone is 17. The van der Waals surface area contributed by atoms with Crippen LogP contribution >= 0.6 is 7.82 Å². The predicted molar refractivity (Wildman–Crippen MR) is 369 cm³/mol. The number of carbonyl (C=O) groups excluding carboxylic acids is 2. The maximum atomic E-state index is 13.6. The Morgan fingerprint density at radius 1 is 0.424 bits per heavy atom. The second kappa shape index (κ2) is 63.7. The number of phosphoric acid groups is 1. The predicted octanol–water partition coefficient (Wildman–Crippen LogP) is 22.5. The SMILES string of the molecule is CC/C=C\C/C=C\C/C=C\C/C=C\C/C=C\CCCCCCCCCC(=O)OC(/C=C/CCCCCCCCCCC)C(COP(=O)(O)OCC[N+](C)(C)C)NC(=O)CCCCCCCCCCCCCC/C=C\C/C=C\C/C=C\CCCCC. The Hall–Kier alpha value is -3.33. The first-order valence-corrected chi connectivity index (χ1v) is 36.7. The minimum atomic E-state index is -4.46. The van der Waals surface area contributed by atoms with Crippen LogP contribution in [-0.4, -0.2) is 74.3 Å². The first-order chi connectivity index (χ1) is 41.4. The molecule has 0 aromatic carbocycles. The summed E-state index contributed by atoms with van der Waals surface area (Å²) in [5.74, 6) is -0.520. The third kappa shape index (κ3) is 65.0. The number of unbranched alkanes of at least 4 members (excludes halogenated alkanes) is 31. The number of nitrogens with one attached hydrogen (secondary N) is 1. The minimum absolute atomic E-state index is 0.0334. The van der Waals surface area contributed by atoms with Crippen molar-refractivity contribution in [3.63, 3.8) is 0 Å². The topological polar surface area (TPSA) is 111 Å². The molecule has 10 heteroatoms. The molecule has 9 nitrogen and oxygen atoms in total. The summed E-state index contributed by atoms with van der Waals surface area (Å²) in [6.45, 7) is 6.87. The van der Waals surface area contributed by atoms with Gasteiger partial charge in [-0.05, 0) is 115 Å². The Bertz CT molecular complexity index is 1820. The Morgan fingerprint density at radius 2 is 0.753 bits per heavy atom. The highest BCUT2D eigenvalue weighted by Crippen LogP contribution is 2.43. The summed E-state index contributed by atoms with van der Waals surface area (Å²) in [5.41, 5.74) is 0. The number of amides is 1. The van der Waals surface area contributed by atoms with Crippen LogP contribution in [0, 0.1) is 0 Å². The molecule has 0 rings (SSSR count). The van der Waals surface area contributed by atoms with Gasteiger partial charge in [0.15, 0.2) is 0 Å². The molecule has 0 fully saturated rings. The van der Waals surface area contributed by atoms with Gasteiger partial charge in [-0.2, -0.15) is 0 Å². The zero-order chi connectivity index (χ0) is 62.1. The van der Waals surface area contributed by atoms with E-state index in [1.807, 2.05) is 33.3 Å². The van der Waals surface area contributed by atoms with E-state index in [-0.39, 0.29) is 31.5 Å². The summed E-state index contributed by atoms with van der Waals surface area (Å²) in [5, 5.41) is 3.06. The fraction of sp³-hybridized carbons (Fsp3) is 0.733. The van der Waals surface area contributed by atoms with Gasteiger partial charge < -0.3 is 19.4 Å². The van der Waals surface area contributed by atoms with Gasteiger partial charge in [-0.15, -0.1) is 0 Å². The number of likely N-dealkylation sites (N-methyl/N-ethyl adjacent to an activating group) is 1. The van der Waals surface area contributed by atoms with E-state index in [1.54, 1.807) is 0 Å². The van der Waals surface area contributed by atoms with Gasteiger partial charge in [0, 0.05) is 12.8 Å². The normalized spacial score (nSPS) is 14.2. The number of hydrogen-bond donors (Lipinski definition) is 2. The van der Waals surface area contributed by atoms with E-state index in [1.165, 1.54) is 154 Å². The monoisotopic (exact) mass is 1210 g/mol. The van der Waals surface area contributed by atoms with Gasteiger partial charge in [0.25, 0.3) is 0 Å². The van der Waals surface area contributed by atoms with E-state index < -0.39 is 20.0 Å². The molecule has 0 aromatic rings. The van der Waals surface area contributed by atoms with Crippen molar-refractivity contribution in [1.29, 1.82) is 0 Å². The smallest absolute Gasteiger partial charge is 0.456 e. The van der Waals surface area contributed by atoms with Gasteiger partial charge in [0.05, 0.1) is 33.8 Å². The lowest BCUT2D eigenvalue weighted by molar-refractivity contribution is -0.870. The van der Waals surface area contributed by atoms with Crippen molar-refractivity contribution >= 4 is 19.7 Å². The Labute approximate surface area is 525 Å². The number of hydrogen-bond acceptors (Lipinski definition) is 6. The van der Waals surface area contributed by atoms with Gasteiger partial charge in [-0.1, -0.05) is 285 Å². The molecule has 0 saturated heterocycles. The molecule has 1 amide bonds. The van der Waals surface area contributed by atoms with Gasteiger partial charge in [0.1, 0.15) is 19.3 Å². The summed E-state index contributed by atoms with van der Waals surface area (Å²) >= 11 is 0. The molecule has 0 heterocycles. The average Bonchev–Trinajstić information content (AvgIpc) is 3.62. The highest BCUT2D eigenvalue weighted by Gasteiger charge is 2.30. The van der Waals surface area contributed by atoms with E-state index >= 15 is 0 Å². The van der Waals surface area contributed by atoms with Crippen LogP contribution in [0.4, 0.5) is 0 Å². The van der Waals surface area contributed by atoms with Crippen LogP contribution in [0.5, 0.6) is 0 Å². The van der Waals surface area contributed by atoms with Crippen molar-refractivity contribution in [2.75, 3.05) is 40.9 Å². The molecule has 0 aliphatic heterocycles. The summed E-state index contributed by atoms with van der Waals surface area (Å²) in [4.78, 5) is 37.9. The van der Waals surface area contributed by atoms with E-state index in [4.69, 9.17) is 13.8 Å². The highest BCUT2D eigenvalue weighted by molar-refractivity contribution is 7.47. The van der Waals surface area contributed by atoms with Gasteiger partial charge in [0.2, 0.25) is 5.91 Å². The summed E-state index contributed by atoms with van der Waals surface area (Å²) < 4.78 is 30.8. The maximum Gasteiger partial charge on any atom is 0.472 e. The van der Waals surface area contributed by atoms with E-state index in [0.717, 1.165) is 116 Å². The third-order valence-electron chi connectivity index (χ3n) is 15.2. The number of phosphoric ester groups is 1. The lowest BCUT2D eigenvalue weighted by Gasteiger charge is -2.27. The largest absolute Gasteiger partial charge is 0.472 e. The number of esters is 1. The molecule has 85 heavy (non-hydrogen) atoms. The number of nitrogens with zero attached hydrogens (tertiary/aromatic N) is 1. The van der Waals surface area contributed by atoms with E-state index in [9.17, 15) is 19.0 Å². The zero-order valence-electron chi connectivity index (χ0n) is 56.1. The molecule has 3 atom stereocenters. The number of ether oxygens (including phenoxy) is 1. The van der Waals surface area contributed by atoms with Crippen LogP contribution in [0.1, 0.15) is 303 Å². The summed E-state index contributed by atoms with van der Waals surface area (Å²) in [6, 6.07) is -0.861. The van der Waals surface area contributed by atoms with Crippen molar-refractivity contribution in [1.82, 2.24) is 5.32 Å². The van der Waals surface area contributed by atoms with Crippen LogP contribution in [0.2, 0.25) is 0 Å². The third-order valence-corrected chi connectivity index (χ3v) is 16.2. The first-order valence-electron chi connectivity index (χ1n) is 35.2. The lowest BCUT2D eigenvalue weighted by atomic mass is 10.0. The molecule has 0 spiro atoms. The number of rotatable bonds is 63. The highest BCUT2D eigenvalue weighted by atomic mass is 31.2. The molecule has 2 N–H and O–H groups in total. The standard InChI is InChI=1S/C75H133N2O7P/c1-7-10-13-16-19-22-25-27-29-31-33-35-37-38-40-41-43-45-47-49-52-55-58-61-64-67-74(78)76-72(71-83-85(80,81)82-70-69-77(4,5)6)73(66-63-60-57-54-51-24-21-18-15-12-9-3)84-75(79)68-65-62-59-56-53-50-48-46-44-42-39-36-34-32-30-28-26-23-20-17-14-11-8-2/h11,14,19-20,22-23,27-30,33-36,42,44,63,66,72-73H,7-10,12-13,15-18,21,24-26,31-32,37-41,43,45-62,64-65,67-71H2,1-6H3,(H-,76,78,80,81)/p+1/b14-11-,22-19-,23-20-,29-27-,30-28-,35-33-,36-34-,44-42-,66-63+. The van der Waals surface area contributed by atoms with Crippen LogP contribution in [0.25, 0.3) is 0 Å². The molecule has 0 aromatic heterocycles. The number of carbonyl (C=O) groups is 2. The second-order valence-electron chi connectivity index (χ2n) is 24.7. The molecular weight excluding hydrogens is 1070 g/mol. The first kappa shape index (κ1) is 81.7. The molecule has 0 saturated carbocycles. The molecule has 0 radical (unpaired) electrons. The Kier molecular flexibility index (Phi) is 61.2. The van der Waals surface area contributed by atoms with Crippen molar-refractivity contribution in [2.24, 2.45) is 0 Å². The van der Waals surface area contributed by atoms with Gasteiger partial charge in [-0.3, -0.25) is 18.6 Å². The quantitative estimate of drug-likeness (QED) is 0.0205. The second-order valence-corrected chi connectivity index (χ2v) is 26.1. The van der Waals surface area contributed by atoms with Crippen molar-refractivity contribution in [3.8, 4) is 0 Å². The van der Waals surface area contributed by atoms with Crippen molar-refractivity contribution in [3.05, 3.63) is 109 Å². The van der Waals surface area contributed by atoms with E-state index in [0.29, 0.717) is 17.4 Å². The van der Waals surface area contributed by atoms with Crippen molar-refractivity contribution in [2.45, 2.75) is 315 Å².